The highest BCUT2D eigenvalue weighted by Crippen LogP contribution is 2.32. The fourth-order valence-electron chi connectivity index (χ4n) is 6.54. The third kappa shape index (κ3) is 5.18. The molecule has 0 N–H and O–H groups in total. The highest BCUT2D eigenvalue weighted by molar-refractivity contribution is 5.95. The van der Waals surface area contributed by atoms with E-state index in [1.54, 1.807) is 0 Å². The van der Waals surface area contributed by atoms with Gasteiger partial charge in [0.25, 0.3) is 0 Å². The van der Waals surface area contributed by atoms with Crippen molar-refractivity contribution in [1.82, 2.24) is 15.0 Å². The van der Waals surface area contributed by atoms with Gasteiger partial charge >= 0.3 is 0 Å². The largest absolute Gasteiger partial charge is 0.208 e. The molecule has 0 bridgehead atoms. The molecule has 3 heteroatoms. The molecule has 0 saturated carbocycles. The molecule has 0 spiro atoms. The van der Waals surface area contributed by atoms with E-state index in [2.05, 4.69) is 176 Å². The van der Waals surface area contributed by atoms with Crippen LogP contribution < -0.4 is 0 Å². The van der Waals surface area contributed by atoms with E-state index in [0.717, 1.165) is 38.6 Å². The molecular weight excluding hydrogens is 583 g/mol. The standard InChI is InChI=1S/C45H29N3/c1-3-11-37-28-39(26-20-30(37)8-1)32-16-22-35(23-17-32)43-46-44(48-45(47-43)42-15-7-13-34-10-5-6-14-41(34)42)36-24-18-33(19-25-36)40-27-21-31-9-2-4-12-38(31)29-40/h1-29H. The lowest BCUT2D eigenvalue weighted by atomic mass is 10.00. The molecule has 0 radical (unpaired) electrons. The van der Waals surface area contributed by atoms with Crippen LogP contribution in [0.2, 0.25) is 0 Å². The van der Waals surface area contributed by atoms with Crippen LogP contribution in [0.5, 0.6) is 0 Å². The second-order valence-corrected chi connectivity index (χ2v) is 12.1. The van der Waals surface area contributed by atoms with Crippen LogP contribution in [-0.4, -0.2) is 15.0 Å². The fraction of sp³-hybridized carbons (Fsp3) is 0. The third-order valence-electron chi connectivity index (χ3n) is 9.12. The number of nitrogens with zero attached hydrogens (tertiary/aromatic N) is 3. The van der Waals surface area contributed by atoms with Gasteiger partial charge in [0.15, 0.2) is 17.5 Å². The minimum atomic E-state index is 0.645. The van der Waals surface area contributed by atoms with Crippen LogP contribution >= 0.6 is 0 Å². The molecule has 0 unspecified atom stereocenters. The molecule has 0 atom stereocenters. The molecule has 9 aromatic rings. The van der Waals surface area contributed by atoms with Crippen molar-refractivity contribution < 1.29 is 0 Å². The first-order valence-electron chi connectivity index (χ1n) is 16.2. The SMILES string of the molecule is c1ccc2cc(-c3ccc(-c4nc(-c5ccc(-c6ccc7ccccc7c6)cc5)nc(-c5cccc6ccccc56)n4)cc3)ccc2c1. The summed E-state index contributed by atoms with van der Waals surface area (Å²) < 4.78 is 0. The van der Waals surface area contributed by atoms with Gasteiger partial charge in [-0.1, -0.05) is 164 Å². The normalized spacial score (nSPS) is 11.3. The Morgan fingerprint density at radius 3 is 1.19 bits per heavy atom. The van der Waals surface area contributed by atoms with E-state index < -0.39 is 0 Å². The van der Waals surface area contributed by atoms with Gasteiger partial charge in [-0.25, -0.2) is 15.0 Å². The Hall–Kier alpha value is -6.45. The van der Waals surface area contributed by atoms with E-state index in [4.69, 9.17) is 15.0 Å². The van der Waals surface area contributed by atoms with Crippen molar-refractivity contribution >= 4 is 32.3 Å². The maximum absolute atomic E-state index is 5.06. The van der Waals surface area contributed by atoms with Gasteiger partial charge in [0.2, 0.25) is 0 Å². The predicted molar refractivity (Wildman–Crippen MR) is 200 cm³/mol. The lowest BCUT2D eigenvalue weighted by Gasteiger charge is -2.11. The molecule has 9 rings (SSSR count). The number of hydrogen-bond donors (Lipinski definition) is 0. The van der Waals surface area contributed by atoms with E-state index >= 15 is 0 Å². The van der Waals surface area contributed by atoms with Crippen LogP contribution in [-0.2, 0) is 0 Å². The lowest BCUT2D eigenvalue weighted by molar-refractivity contribution is 1.08. The summed E-state index contributed by atoms with van der Waals surface area (Å²) in [6, 6.07) is 61.8. The van der Waals surface area contributed by atoms with Crippen LogP contribution in [0.1, 0.15) is 0 Å². The first-order valence-corrected chi connectivity index (χ1v) is 16.2. The molecule has 0 saturated heterocycles. The summed E-state index contributed by atoms with van der Waals surface area (Å²) in [6.45, 7) is 0. The first kappa shape index (κ1) is 27.8. The number of benzene rings is 8. The number of aromatic nitrogens is 3. The van der Waals surface area contributed by atoms with Crippen LogP contribution in [0.15, 0.2) is 176 Å². The summed E-state index contributed by atoms with van der Waals surface area (Å²) >= 11 is 0. The summed E-state index contributed by atoms with van der Waals surface area (Å²) in [6.07, 6.45) is 0. The summed E-state index contributed by atoms with van der Waals surface area (Å²) in [4.78, 5) is 15.2. The third-order valence-corrected chi connectivity index (χ3v) is 9.12. The molecule has 1 heterocycles. The molecule has 1 aromatic heterocycles. The van der Waals surface area contributed by atoms with Gasteiger partial charge < -0.3 is 0 Å². The Morgan fingerprint density at radius 2 is 0.646 bits per heavy atom. The molecule has 224 valence electrons. The molecule has 8 aromatic carbocycles. The van der Waals surface area contributed by atoms with Crippen molar-refractivity contribution in [2.24, 2.45) is 0 Å². The van der Waals surface area contributed by atoms with E-state index in [9.17, 15) is 0 Å². The molecule has 0 fully saturated rings. The molecular formula is C45H29N3. The smallest absolute Gasteiger partial charge is 0.164 e. The molecule has 0 aliphatic heterocycles. The molecule has 48 heavy (non-hydrogen) atoms. The van der Waals surface area contributed by atoms with Gasteiger partial charge in [0, 0.05) is 16.7 Å². The minimum absolute atomic E-state index is 0.645. The average molecular weight is 612 g/mol. The van der Waals surface area contributed by atoms with Crippen molar-refractivity contribution in [2.75, 3.05) is 0 Å². The Labute approximate surface area is 278 Å². The van der Waals surface area contributed by atoms with E-state index in [1.165, 1.54) is 32.7 Å². The summed E-state index contributed by atoms with van der Waals surface area (Å²) in [7, 11) is 0. The first-order chi connectivity index (χ1) is 23.7. The molecule has 0 amide bonds. The van der Waals surface area contributed by atoms with Crippen LogP contribution in [0.4, 0.5) is 0 Å². The lowest BCUT2D eigenvalue weighted by Crippen LogP contribution is -2.00. The maximum atomic E-state index is 5.06. The van der Waals surface area contributed by atoms with Crippen molar-refractivity contribution in [3.8, 4) is 56.4 Å². The van der Waals surface area contributed by atoms with Gasteiger partial charge in [-0.2, -0.15) is 0 Å². The monoisotopic (exact) mass is 611 g/mol. The zero-order chi connectivity index (χ0) is 31.9. The molecule has 0 aliphatic rings. The van der Waals surface area contributed by atoms with Crippen LogP contribution in [0, 0.1) is 0 Å². The predicted octanol–water partition coefficient (Wildman–Crippen LogP) is 11.7. The summed E-state index contributed by atoms with van der Waals surface area (Å²) in [5, 5.41) is 7.20. The summed E-state index contributed by atoms with van der Waals surface area (Å²) in [5.74, 6) is 1.95. The van der Waals surface area contributed by atoms with Gasteiger partial charge in [-0.3, -0.25) is 0 Å². The average Bonchev–Trinajstić information content (AvgIpc) is 3.17. The second kappa shape index (κ2) is 11.7. The molecule has 0 aliphatic carbocycles. The fourth-order valence-corrected chi connectivity index (χ4v) is 6.54. The van der Waals surface area contributed by atoms with Crippen LogP contribution in [0.25, 0.3) is 88.7 Å². The second-order valence-electron chi connectivity index (χ2n) is 12.1. The minimum Gasteiger partial charge on any atom is -0.208 e. The van der Waals surface area contributed by atoms with Crippen molar-refractivity contribution in [3.63, 3.8) is 0 Å². The van der Waals surface area contributed by atoms with Gasteiger partial charge in [0.1, 0.15) is 0 Å². The molecule has 3 nitrogen and oxygen atoms in total. The zero-order valence-corrected chi connectivity index (χ0v) is 26.1. The number of rotatable bonds is 5. The Morgan fingerprint density at radius 1 is 0.250 bits per heavy atom. The Kier molecular flexibility index (Phi) is 6.80. The Bertz CT molecular complexity index is 2460. The topological polar surface area (TPSA) is 38.7 Å². The Balaban J connectivity index is 1.13. The van der Waals surface area contributed by atoms with Crippen molar-refractivity contribution in [3.05, 3.63) is 176 Å². The maximum Gasteiger partial charge on any atom is 0.164 e. The summed E-state index contributed by atoms with van der Waals surface area (Å²) in [5.41, 5.74) is 7.53. The van der Waals surface area contributed by atoms with E-state index in [0.29, 0.717) is 17.5 Å². The van der Waals surface area contributed by atoms with Crippen molar-refractivity contribution in [1.29, 1.82) is 0 Å². The zero-order valence-electron chi connectivity index (χ0n) is 26.1. The van der Waals surface area contributed by atoms with E-state index in [1.807, 2.05) is 0 Å². The quantitative estimate of drug-likeness (QED) is 0.194. The number of hydrogen-bond acceptors (Lipinski definition) is 3. The van der Waals surface area contributed by atoms with E-state index in [-0.39, 0.29) is 0 Å². The van der Waals surface area contributed by atoms with Crippen LogP contribution in [0.3, 0.4) is 0 Å². The van der Waals surface area contributed by atoms with Gasteiger partial charge in [0.05, 0.1) is 0 Å². The van der Waals surface area contributed by atoms with Gasteiger partial charge in [-0.15, -0.1) is 0 Å². The highest BCUT2D eigenvalue weighted by atomic mass is 15.0. The number of fused-ring (bicyclic) bond motifs is 3. The van der Waals surface area contributed by atoms with Crippen molar-refractivity contribution in [2.45, 2.75) is 0 Å². The van der Waals surface area contributed by atoms with Gasteiger partial charge in [-0.05, 0) is 66.7 Å². The highest BCUT2D eigenvalue weighted by Gasteiger charge is 2.15.